The van der Waals surface area contributed by atoms with Crippen LogP contribution in [0.25, 0.3) is 0 Å². The molecule has 0 aromatic rings. The Kier molecular flexibility index (Phi) is 23.1. The number of hydrogen-bond acceptors (Lipinski definition) is 7. The smallest absolute Gasteiger partial charge is 0.457 e. The van der Waals surface area contributed by atoms with Crippen molar-refractivity contribution in [1.82, 2.24) is 0 Å². The van der Waals surface area contributed by atoms with Crippen LogP contribution in [0.3, 0.4) is 0 Å². The van der Waals surface area contributed by atoms with Crippen molar-refractivity contribution in [3.8, 4) is 0 Å². The van der Waals surface area contributed by atoms with E-state index in [9.17, 15) is 14.3 Å². The fourth-order valence-corrected chi connectivity index (χ4v) is 3.45. The van der Waals surface area contributed by atoms with Gasteiger partial charge in [0.2, 0.25) is 0 Å². The first-order chi connectivity index (χ1) is 16.9. The molecule has 0 saturated heterocycles. The highest BCUT2D eigenvalue weighted by atomic mass is 31.2. The number of nitrogens with two attached hydrogens (primary N) is 1. The van der Waals surface area contributed by atoms with Crippen LogP contribution < -0.4 is 5.73 Å². The Morgan fingerprint density at radius 1 is 0.886 bits per heavy atom. The molecule has 0 spiro atoms. The summed E-state index contributed by atoms with van der Waals surface area (Å²) in [5.41, 5.74) is 5.26. The first-order valence-corrected chi connectivity index (χ1v) is 14.1. The number of phosphoric ester groups is 1. The molecule has 202 valence electrons. The molecule has 8 nitrogen and oxygen atoms in total. The third-order valence-electron chi connectivity index (χ3n) is 4.51. The molecule has 0 saturated carbocycles. The molecular formula is C26H46NO7P. The molecule has 0 radical (unpaired) electrons. The van der Waals surface area contributed by atoms with E-state index in [4.69, 9.17) is 24.3 Å². The highest BCUT2D eigenvalue weighted by Crippen LogP contribution is 2.43. The summed E-state index contributed by atoms with van der Waals surface area (Å²) < 4.78 is 32.4. The Balaban J connectivity index is 4.15. The Morgan fingerprint density at radius 2 is 1.51 bits per heavy atom. The topological polar surface area (TPSA) is 117 Å². The molecule has 0 aliphatic rings. The van der Waals surface area contributed by atoms with E-state index < -0.39 is 13.9 Å². The third kappa shape index (κ3) is 24.0. The summed E-state index contributed by atoms with van der Waals surface area (Å²) in [6, 6.07) is 0. The van der Waals surface area contributed by atoms with Gasteiger partial charge in [0.1, 0.15) is 6.10 Å². The summed E-state index contributed by atoms with van der Waals surface area (Å²) in [4.78, 5) is 21.6. The van der Waals surface area contributed by atoms with Crippen LogP contribution >= 0.6 is 7.82 Å². The highest BCUT2D eigenvalue weighted by molar-refractivity contribution is 7.47. The molecule has 0 bridgehead atoms. The van der Waals surface area contributed by atoms with Crippen LogP contribution in [0.2, 0.25) is 0 Å². The number of allylic oxidation sites excluding steroid dienone is 8. The summed E-state index contributed by atoms with van der Waals surface area (Å²) >= 11 is 0. The molecule has 0 aliphatic heterocycles. The van der Waals surface area contributed by atoms with Gasteiger partial charge in [0, 0.05) is 19.6 Å². The molecule has 2 unspecified atom stereocenters. The Bertz CT molecular complexity index is 677. The Hall–Kier alpha value is -1.54. The van der Waals surface area contributed by atoms with Crippen LogP contribution in [0.1, 0.15) is 71.6 Å². The highest BCUT2D eigenvalue weighted by Gasteiger charge is 2.25. The van der Waals surface area contributed by atoms with E-state index >= 15 is 0 Å². The van der Waals surface area contributed by atoms with Crippen molar-refractivity contribution < 1.29 is 32.8 Å². The molecule has 0 amide bonds. The number of unbranched alkanes of at least 4 members (excludes halogenated alkanes) is 2. The summed E-state index contributed by atoms with van der Waals surface area (Å²) in [6.07, 6.45) is 23.9. The van der Waals surface area contributed by atoms with Gasteiger partial charge in [-0.3, -0.25) is 13.8 Å². The summed E-state index contributed by atoms with van der Waals surface area (Å²) in [7, 11) is -4.25. The van der Waals surface area contributed by atoms with E-state index in [1.165, 1.54) is 0 Å². The first-order valence-electron chi connectivity index (χ1n) is 12.6. The minimum absolute atomic E-state index is 0.0724. The third-order valence-corrected chi connectivity index (χ3v) is 5.49. The van der Waals surface area contributed by atoms with Crippen LogP contribution in [0.4, 0.5) is 0 Å². The maximum atomic E-state index is 11.9. The summed E-state index contributed by atoms with van der Waals surface area (Å²) in [6.45, 7) is 4.33. The van der Waals surface area contributed by atoms with Gasteiger partial charge in [0.15, 0.2) is 0 Å². The molecule has 0 heterocycles. The number of ether oxygens (including phenoxy) is 2. The van der Waals surface area contributed by atoms with Gasteiger partial charge >= 0.3 is 13.8 Å². The largest absolute Gasteiger partial charge is 0.472 e. The van der Waals surface area contributed by atoms with Crippen molar-refractivity contribution in [2.75, 3.05) is 33.0 Å². The maximum absolute atomic E-state index is 11.9. The number of carbonyl (C=O) groups is 1. The molecule has 0 aliphatic carbocycles. The zero-order valence-electron chi connectivity index (χ0n) is 21.5. The van der Waals surface area contributed by atoms with E-state index in [0.29, 0.717) is 13.0 Å². The van der Waals surface area contributed by atoms with E-state index in [-0.39, 0.29) is 38.8 Å². The van der Waals surface area contributed by atoms with Gasteiger partial charge < -0.3 is 20.1 Å². The van der Waals surface area contributed by atoms with Gasteiger partial charge in [-0.1, -0.05) is 68.9 Å². The molecule has 2 atom stereocenters. The summed E-state index contributed by atoms with van der Waals surface area (Å²) in [5.74, 6) is -0.389. The quantitative estimate of drug-likeness (QED) is 0.0761. The van der Waals surface area contributed by atoms with Crippen molar-refractivity contribution >= 4 is 13.8 Å². The zero-order valence-corrected chi connectivity index (χ0v) is 22.4. The molecular weight excluding hydrogens is 469 g/mol. The number of phosphoric acid groups is 1. The average Bonchev–Trinajstić information content (AvgIpc) is 2.84. The van der Waals surface area contributed by atoms with Crippen LogP contribution in [-0.2, 0) is 27.9 Å². The predicted molar refractivity (Wildman–Crippen MR) is 141 cm³/mol. The van der Waals surface area contributed by atoms with Crippen LogP contribution in [0.5, 0.6) is 0 Å². The molecule has 0 rings (SSSR count). The van der Waals surface area contributed by atoms with Gasteiger partial charge in [-0.2, -0.15) is 0 Å². The van der Waals surface area contributed by atoms with Gasteiger partial charge in [0.05, 0.1) is 19.8 Å². The second-order valence-electron chi connectivity index (χ2n) is 7.82. The average molecular weight is 516 g/mol. The SMILES string of the molecule is CC/C=C\C/C=C\C/C=C\C/C=C\CCCOCC(COP(=O)(O)OCCN)OC(=O)CCCC. The van der Waals surface area contributed by atoms with Crippen molar-refractivity contribution in [3.05, 3.63) is 48.6 Å². The lowest BCUT2D eigenvalue weighted by atomic mass is 10.2. The monoisotopic (exact) mass is 515 g/mol. The van der Waals surface area contributed by atoms with Crippen molar-refractivity contribution in [2.45, 2.75) is 77.7 Å². The van der Waals surface area contributed by atoms with Gasteiger partial charge in [0.25, 0.3) is 0 Å². The van der Waals surface area contributed by atoms with E-state index in [1.807, 2.05) is 6.92 Å². The van der Waals surface area contributed by atoms with Crippen molar-refractivity contribution in [3.63, 3.8) is 0 Å². The van der Waals surface area contributed by atoms with Gasteiger partial charge in [-0.05, 0) is 44.9 Å². The lowest BCUT2D eigenvalue weighted by molar-refractivity contribution is -0.154. The number of rotatable bonds is 23. The second-order valence-corrected chi connectivity index (χ2v) is 9.27. The molecule has 9 heteroatoms. The predicted octanol–water partition coefficient (Wildman–Crippen LogP) is 5.78. The number of hydrogen-bond donors (Lipinski definition) is 2. The fraction of sp³-hybridized carbons (Fsp3) is 0.654. The first kappa shape index (κ1) is 33.5. The minimum Gasteiger partial charge on any atom is -0.457 e. The number of esters is 1. The van der Waals surface area contributed by atoms with Crippen molar-refractivity contribution in [2.24, 2.45) is 5.73 Å². The maximum Gasteiger partial charge on any atom is 0.472 e. The van der Waals surface area contributed by atoms with E-state index in [0.717, 1.165) is 44.9 Å². The molecule has 0 fully saturated rings. The molecule has 35 heavy (non-hydrogen) atoms. The summed E-state index contributed by atoms with van der Waals surface area (Å²) in [5, 5.41) is 0. The second kappa shape index (κ2) is 24.2. The lowest BCUT2D eigenvalue weighted by Gasteiger charge is -2.19. The molecule has 0 aromatic heterocycles. The molecule has 3 N–H and O–H groups in total. The van der Waals surface area contributed by atoms with Crippen LogP contribution in [0, 0.1) is 0 Å². The van der Waals surface area contributed by atoms with Crippen LogP contribution in [-0.4, -0.2) is 49.9 Å². The fourth-order valence-electron chi connectivity index (χ4n) is 2.68. The van der Waals surface area contributed by atoms with E-state index in [2.05, 4.69) is 55.5 Å². The normalized spacial score (nSPS) is 15.0. The molecule has 0 aromatic carbocycles. The Morgan fingerprint density at radius 3 is 2.11 bits per heavy atom. The lowest BCUT2D eigenvalue weighted by Crippen LogP contribution is -2.28. The minimum atomic E-state index is -4.25. The van der Waals surface area contributed by atoms with E-state index in [1.54, 1.807) is 0 Å². The van der Waals surface area contributed by atoms with Gasteiger partial charge in [-0.15, -0.1) is 0 Å². The van der Waals surface area contributed by atoms with Gasteiger partial charge in [-0.25, -0.2) is 4.57 Å². The number of carbonyl (C=O) groups excluding carboxylic acids is 1. The zero-order chi connectivity index (χ0) is 26.0. The standard InChI is InChI=1S/C26H46NO7P/c1-3-5-7-8-9-10-11-12-13-14-15-16-17-18-21-31-23-25(34-26(28)19-6-4-2)24-33-35(29,30)32-22-20-27/h5,7,9-10,12-13,15-16,25H,3-4,6,8,11,14,17-24,27H2,1-2H3,(H,29,30)/b7-5-,10-9-,13-12-,16-15-. The Labute approximate surface area is 211 Å². The van der Waals surface area contributed by atoms with Crippen molar-refractivity contribution in [1.29, 1.82) is 0 Å². The van der Waals surface area contributed by atoms with Crippen LogP contribution in [0.15, 0.2) is 48.6 Å².